The zero-order valence-electron chi connectivity index (χ0n) is 8.39. The fourth-order valence-electron chi connectivity index (χ4n) is 0.846. The van der Waals surface area contributed by atoms with Crippen LogP contribution in [0.4, 0.5) is 0 Å². The van der Waals surface area contributed by atoms with Crippen molar-refractivity contribution in [1.29, 1.82) is 0 Å². The van der Waals surface area contributed by atoms with Gasteiger partial charge in [0, 0.05) is 0 Å². The lowest BCUT2D eigenvalue weighted by atomic mass is 10.0. The van der Waals surface area contributed by atoms with Gasteiger partial charge in [-0.1, -0.05) is 0 Å². The summed E-state index contributed by atoms with van der Waals surface area (Å²) < 4.78 is 4.38. The number of aldehydes is 1. The van der Waals surface area contributed by atoms with Gasteiger partial charge >= 0.3 is 5.97 Å². The first kappa shape index (κ1) is 14.9. The summed E-state index contributed by atoms with van der Waals surface area (Å²) >= 11 is 0. The minimum absolute atomic E-state index is 0.00645. The van der Waals surface area contributed by atoms with Gasteiger partial charge in [-0.2, -0.15) is 0 Å². The summed E-state index contributed by atoms with van der Waals surface area (Å²) in [6.45, 7) is -0.984. The smallest absolute Gasteiger partial charge is 0.319 e. The predicted molar refractivity (Wildman–Crippen MR) is 50.1 cm³/mol. The van der Waals surface area contributed by atoms with E-state index in [-0.39, 0.29) is 12.8 Å². The topological polar surface area (TPSA) is 150 Å². The Hall–Kier alpha value is -1.06. The maximum absolute atomic E-state index is 10.6. The molecule has 94 valence electrons. The molecule has 8 heteroatoms. The monoisotopic (exact) mass is 237 g/mol. The van der Waals surface area contributed by atoms with Crippen LogP contribution in [0.5, 0.6) is 0 Å². The summed E-state index contributed by atoms with van der Waals surface area (Å²) in [4.78, 5) is 20.7. The number of aliphatic hydroxyl groups is 4. The molecule has 0 rings (SSSR count). The van der Waals surface area contributed by atoms with Crippen molar-refractivity contribution in [3.05, 3.63) is 0 Å². The number of rotatable bonds is 7. The van der Waals surface area contributed by atoms with Crippen LogP contribution < -0.4 is 5.73 Å². The number of aliphatic hydroxyl groups excluding tert-OH is 4. The number of carbonyl (C=O) groups excluding carboxylic acids is 2. The minimum Gasteiger partial charge on any atom is -0.462 e. The van der Waals surface area contributed by atoms with Gasteiger partial charge in [0.25, 0.3) is 0 Å². The van der Waals surface area contributed by atoms with Crippen molar-refractivity contribution in [2.45, 2.75) is 24.4 Å². The van der Waals surface area contributed by atoms with Crippen molar-refractivity contribution in [2.75, 3.05) is 13.2 Å². The molecule has 4 atom stereocenters. The fraction of sp³-hybridized carbons (Fsp3) is 0.750. The average molecular weight is 237 g/mol. The van der Waals surface area contributed by atoms with Crippen molar-refractivity contribution in [2.24, 2.45) is 5.73 Å². The molecule has 0 aromatic heterocycles. The van der Waals surface area contributed by atoms with Crippen LogP contribution in [0, 0.1) is 0 Å². The van der Waals surface area contributed by atoms with E-state index in [1.807, 2.05) is 0 Å². The Bertz CT molecular complexity index is 234. The van der Waals surface area contributed by atoms with Crippen LogP contribution in [0.3, 0.4) is 0 Å². The third-order valence-electron chi connectivity index (χ3n) is 1.82. The van der Waals surface area contributed by atoms with E-state index in [2.05, 4.69) is 4.74 Å². The molecule has 0 aliphatic rings. The van der Waals surface area contributed by atoms with Gasteiger partial charge in [-0.3, -0.25) is 4.79 Å². The highest BCUT2D eigenvalue weighted by Gasteiger charge is 2.30. The Balaban J connectivity index is 4.11. The summed E-state index contributed by atoms with van der Waals surface area (Å²) in [5.41, 5.74) is 4.91. The summed E-state index contributed by atoms with van der Waals surface area (Å²) in [5.74, 6) is -0.795. The molecule has 0 saturated carbocycles. The van der Waals surface area contributed by atoms with Gasteiger partial charge in [0.1, 0.15) is 31.0 Å². The van der Waals surface area contributed by atoms with Gasteiger partial charge in [-0.25, -0.2) is 0 Å². The number of esters is 1. The second kappa shape index (κ2) is 7.25. The SMILES string of the molecule is NCC(=O)OC[C@@H](O)[C@@H](O)[C@H](O)[C@H](O)C=O. The Kier molecular flexibility index (Phi) is 6.77. The Morgan fingerprint density at radius 1 is 1.25 bits per heavy atom. The number of carbonyl (C=O) groups is 2. The molecule has 0 fully saturated rings. The van der Waals surface area contributed by atoms with Crippen LogP contribution in [-0.2, 0) is 14.3 Å². The molecule has 0 aliphatic carbocycles. The van der Waals surface area contributed by atoms with Crippen LogP contribution in [0.1, 0.15) is 0 Å². The van der Waals surface area contributed by atoms with Gasteiger partial charge in [0.2, 0.25) is 0 Å². The standard InChI is InChI=1S/C8H15NO7/c9-1-6(13)16-3-5(12)8(15)7(14)4(11)2-10/h2,4-5,7-8,11-12,14-15H,1,3,9H2/t4-,5-,7-,8-/m1/s1. The van der Waals surface area contributed by atoms with Crippen molar-refractivity contribution in [3.63, 3.8) is 0 Å². The Morgan fingerprint density at radius 3 is 2.25 bits per heavy atom. The number of hydrogen-bond donors (Lipinski definition) is 5. The normalized spacial score (nSPS) is 18.3. The maximum Gasteiger partial charge on any atom is 0.319 e. The molecule has 0 amide bonds. The largest absolute Gasteiger partial charge is 0.462 e. The van der Waals surface area contributed by atoms with E-state index in [1.54, 1.807) is 0 Å². The molecule has 0 aromatic carbocycles. The van der Waals surface area contributed by atoms with Crippen LogP contribution >= 0.6 is 0 Å². The summed E-state index contributed by atoms with van der Waals surface area (Å²) in [5, 5.41) is 36.4. The van der Waals surface area contributed by atoms with Crippen molar-refractivity contribution < 1.29 is 34.8 Å². The zero-order chi connectivity index (χ0) is 12.7. The van der Waals surface area contributed by atoms with E-state index in [4.69, 9.17) is 15.9 Å². The summed E-state index contributed by atoms with van der Waals surface area (Å²) in [7, 11) is 0. The molecule has 8 nitrogen and oxygen atoms in total. The molecule has 0 aromatic rings. The quantitative estimate of drug-likeness (QED) is 0.223. The van der Waals surface area contributed by atoms with Gasteiger partial charge in [0.05, 0.1) is 6.54 Å². The number of hydrogen-bond acceptors (Lipinski definition) is 8. The predicted octanol–water partition coefficient (Wildman–Crippen LogP) is -3.87. The van der Waals surface area contributed by atoms with E-state index in [1.165, 1.54) is 0 Å². The molecular formula is C8H15NO7. The van der Waals surface area contributed by atoms with Crippen molar-refractivity contribution >= 4 is 12.3 Å². The highest BCUT2D eigenvalue weighted by molar-refractivity contribution is 5.71. The van der Waals surface area contributed by atoms with E-state index < -0.39 is 37.0 Å². The second-order valence-corrected chi connectivity index (χ2v) is 3.06. The first-order valence-electron chi connectivity index (χ1n) is 4.47. The maximum atomic E-state index is 10.6. The number of ether oxygens (including phenoxy) is 1. The van der Waals surface area contributed by atoms with Crippen LogP contribution in [-0.4, -0.2) is 70.2 Å². The van der Waals surface area contributed by atoms with Crippen molar-refractivity contribution in [1.82, 2.24) is 0 Å². The third kappa shape index (κ3) is 4.64. The van der Waals surface area contributed by atoms with Crippen LogP contribution in [0.25, 0.3) is 0 Å². The molecule has 0 saturated heterocycles. The Morgan fingerprint density at radius 2 is 1.81 bits per heavy atom. The highest BCUT2D eigenvalue weighted by atomic mass is 16.5. The lowest BCUT2D eigenvalue weighted by Gasteiger charge is -2.23. The lowest BCUT2D eigenvalue weighted by molar-refractivity contribution is -0.155. The molecule has 16 heavy (non-hydrogen) atoms. The van der Waals surface area contributed by atoms with E-state index in [0.717, 1.165) is 0 Å². The van der Waals surface area contributed by atoms with E-state index >= 15 is 0 Å². The summed E-state index contributed by atoms with van der Waals surface area (Å²) in [6.07, 6.45) is -7.11. The van der Waals surface area contributed by atoms with Crippen LogP contribution in [0.2, 0.25) is 0 Å². The molecule has 0 bridgehead atoms. The molecule has 0 unspecified atom stereocenters. The first-order chi connectivity index (χ1) is 7.43. The van der Waals surface area contributed by atoms with E-state index in [0.29, 0.717) is 0 Å². The minimum atomic E-state index is -1.86. The Labute approximate surface area is 91.2 Å². The zero-order valence-corrected chi connectivity index (χ0v) is 8.39. The second-order valence-electron chi connectivity index (χ2n) is 3.06. The molecule has 0 aliphatic heterocycles. The van der Waals surface area contributed by atoms with E-state index in [9.17, 15) is 19.8 Å². The molecule has 0 heterocycles. The third-order valence-corrected chi connectivity index (χ3v) is 1.82. The van der Waals surface area contributed by atoms with Gasteiger partial charge in [0.15, 0.2) is 6.29 Å². The molecule has 6 N–H and O–H groups in total. The van der Waals surface area contributed by atoms with Crippen molar-refractivity contribution in [3.8, 4) is 0 Å². The highest BCUT2D eigenvalue weighted by Crippen LogP contribution is 2.04. The lowest BCUT2D eigenvalue weighted by Crippen LogP contribution is -2.47. The average Bonchev–Trinajstić information content (AvgIpc) is 2.32. The molecule has 0 spiro atoms. The summed E-state index contributed by atoms with van der Waals surface area (Å²) in [6, 6.07) is 0. The first-order valence-corrected chi connectivity index (χ1v) is 4.47. The van der Waals surface area contributed by atoms with Gasteiger partial charge in [-0.05, 0) is 0 Å². The van der Waals surface area contributed by atoms with Gasteiger partial charge < -0.3 is 35.7 Å². The number of nitrogens with two attached hydrogens (primary N) is 1. The fourth-order valence-corrected chi connectivity index (χ4v) is 0.846. The molecular weight excluding hydrogens is 222 g/mol. The molecule has 0 radical (unpaired) electrons. The van der Waals surface area contributed by atoms with Crippen LogP contribution in [0.15, 0.2) is 0 Å². The van der Waals surface area contributed by atoms with Gasteiger partial charge in [-0.15, -0.1) is 0 Å².